The molecule has 0 aliphatic carbocycles. The summed E-state index contributed by atoms with van der Waals surface area (Å²) in [6, 6.07) is 4.19. The van der Waals surface area contributed by atoms with Crippen molar-refractivity contribution >= 4 is 11.6 Å². The van der Waals surface area contributed by atoms with Crippen molar-refractivity contribution in [3.63, 3.8) is 0 Å². The highest BCUT2D eigenvalue weighted by Gasteiger charge is 2.07. The zero-order chi connectivity index (χ0) is 9.84. The molecule has 0 aromatic heterocycles. The summed E-state index contributed by atoms with van der Waals surface area (Å²) in [6.07, 6.45) is 0. The van der Waals surface area contributed by atoms with Gasteiger partial charge in [-0.05, 0) is 17.7 Å². The Hall–Kier alpha value is -0.640. The Kier molecular flexibility index (Phi) is 3.66. The van der Waals surface area contributed by atoms with Crippen LogP contribution >= 0.6 is 11.6 Å². The molecule has 13 heavy (non-hydrogen) atoms. The maximum absolute atomic E-state index is 13.0. The third-order valence-corrected chi connectivity index (χ3v) is 2.02. The molecule has 0 unspecified atom stereocenters. The number of rotatable bonds is 3. The zero-order valence-corrected chi connectivity index (χ0v) is 8.01. The van der Waals surface area contributed by atoms with E-state index in [4.69, 9.17) is 22.1 Å². The Morgan fingerprint density at radius 3 is 2.85 bits per heavy atom. The van der Waals surface area contributed by atoms with Gasteiger partial charge in [-0.15, -0.1) is 0 Å². The molecule has 0 saturated carbocycles. The van der Waals surface area contributed by atoms with Crippen molar-refractivity contribution in [1.29, 1.82) is 0 Å². The van der Waals surface area contributed by atoms with Crippen LogP contribution in [-0.2, 0) is 4.74 Å². The number of nitrogens with two attached hydrogens (primary N) is 1. The molecule has 0 radical (unpaired) electrons. The van der Waals surface area contributed by atoms with E-state index >= 15 is 0 Å². The molecule has 0 aliphatic heterocycles. The molecule has 2 N–H and O–H groups in total. The van der Waals surface area contributed by atoms with Gasteiger partial charge in [0, 0.05) is 7.11 Å². The van der Waals surface area contributed by atoms with E-state index in [1.165, 1.54) is 12.1 Å². The molecule has 4 heteroatoms. The lowest BCUT2D eigenvalue weighted by Gasteiger charge is -2.10. The van der Waals surface area contributed by atoms with Crippen LogP contribution in [0.25, 0.3) is 0 Å². The maximum Gasteiger partial charge on any atom is 0.142 e. The average Bonchev–Trinajstić information content (AvgIpc) is 2.10. The molecule has 0 aliphatic rings. The van der Waals surface area contributed by atoms with Gasteiger partial charge in [0.25, 0.3) is 0 Å². The molecule has 1 rings (SSSR count). The molecule has 1 aromatic carbocycles. The van der Waals surface area contributed by atoms with Gasteiger partial charge in [0.05, 0.1) is 17.7 Å². The van der Waals surface area contributed by atoms with Crippen molar-refractivity contribution in [3.05, 3.63) is 34.6 Å². The van der Waals surface area contributed by atoms with E-state index in [2.05, 4.69) is 0 Å². The third-order valence-electron chi connectivity index (χ3n) is 1.72. The number of hydrogen-bond donors (Lipinski definition) is 1. The monoisotopic (exact) mass is 203 g/mol. The summed E-state index contributed by atoms with van der Waals surface area (Å²) in [6.45, 7) is 0.362. The fourth-order valence-electron chi connectivity index (χ4n) is 1.02. The molecule has 0 saturated heterocycles. The van der Waals surface area contributed by atoms with Crippen LogP contribution in [0.3, 0.4) is 0 Å². The highest BCUT2D eigenvalue weighted by Crippen LogP contribution is 2.19. The zero-order valence-electron chi connectivity index (χ0n) is 7.26. The Balaban J connectivity index is 2.84. The van der Waals surface area contributed by atoms with Crippen LogP contribution in [0, 0.1) is 5.82 Å². The molecule has 0 heterocycles. The minimum atomic E-state index is -0.453. The topological polar surface area (TPSA) is 35.2 Å². The van der Waals surface area contributed by atoms with Gasteiger partial charge in [-0.3, -0.25) is 0 Å². The fraction of sp³-hybridized carbons (Fsp3) is 0.333. The Morgan fingerprint density at radius 2 is 2.31 bits per heavy atom. The molecule has 0 amide bonds. The van der Waals surface area contributed by atoms with Crippen LogP contribution in [0.4, 0.5) is 4.39 Å². The van der Waals surface area contributed by atoms with Crippen molar-refractivity contribution in [2.75, 3.05) is 13.7 Å². The van der Waals surface area contributed by atoms with Crippen molar-refractivity contribution in [2.45, 2.75) is 6.04 Å². The summed E-state index contributed by atoms with van der Waals surface area (Å²) in [4.78, 5) is 0. The van der Waals surface area contributed by atoms with Gasteiger partial charge >= 0.3 is 0 Å². The van der Waals surface area contributed by atoms with E-state index in [-0.39, 0.29) is 11.1 Å². The summed E-state index contributed by atoms with van der Waals surface area (Å²) < 4.78 is 17.8. The van der Waals surface area contributed by atoms with Crippen molar-refractivity contribution in [1.82, 2.24) is 0 Å². The fourth-order valence-corrected chi connectivity index (χ4v) is 1.14. The SMILES string of the molecule is COC[C@H](N)c1ccc(Cl)c(F)c1. The highest BCUT2D eigenvalue weighted by atomic mass is 35.5. The van der Waals surface area contributed by atoms with E-state index in [1.807, 2.05) is 0 Å². The Bertz CT molecular complexity index is 293. The van der Waals surface area contributed by atoms with E-state index in [9.17, 15) is 4.39 Å². The van der Waals surface area contributed by atoms with E-state index in [1.54, 1.807) is 13.2 Å². The van der Waals surface area contributed by atoms with Crippen LogP contribution in [0.15, 0.2) is 18.2 Å². The maximum atomic E-state index is 13.0. The van der Waals surface area contributed by atoms with Crippen molar-refractivity contribution in [2.24, 2.45) is 5.73 Å². The van der Waals surface area contributed by atoms with Gasteiger partial charge in [-0.25, -0.2) is 4.39 Å². The first kappa shape index (κ1) is 10.4. The quantitative estimate of drug-likeness (QED) is 0.817. The molecule has 0 bridgehead atoms. The molecular formula is C9H11ClFNO. The average molecular weight is 204 g/mol. The van der Waals surface area contributed by atoms with Crippen LogP contribution < -0.4 is 5.73 Å². The summed E-state index contributed by atoms with van der Waals surface area (Å²) in [5.41, 5.74) is 6.37. The predicted octanol–water partition coefficient (Wildman–Crippen LogP) is 2.13. The third kappa shape index (κ3) is 2.66. The van der Waals surface area contributed by atoms with Gasteiger partial charge in [-0.1, -0.05) is 17.7 Å². The van der Waals surface area contributed by atoms with Crippen LogP contribution in [0.5, 0.6) is 0 Å². The lowest BCUT2D eigenvalue weighted by molar-refractivity contribution is 0.181. The number of ether oxygens (including phenoxy) is 1. The molecule has 2 nitrogen and oxygen atoms in total. The van der Waals surface area contributed by atoms with Gasteiger partial charge in [-0.2, -0.15) is 0 Å². The standard InChI is InChI=1S/C9H11ClFNO/c1-13-5-9(12)6-2-3-7(10)8(11)4-6/h2-4,9H,5,12H2,1H3/t9-/m0/s1. The van der Waals surface area contributed by atoms with E-state index in [0.29, 0.717) is 12.2 Å². The molecule has 0 fully saturated rings. The number of methoxy groups -OCH3 is 1. The lowest BCUT2D eigenvalue weighted by atomic mass is 10.1. The van der Waals surface area contributed by atoms with Gasteiger partial charge in [0.2, 0.25) is 0 Å². The second-order valence-corrected chi connectivity index (χ2v) is 3.14. The normalized spacial score (nSPS) is 12.9. The van der Waals surface area contributed by atoms with Gasteiger partial charge < -0.3 is 10.5 Å². The Morgan fingerprint density at radius 1 is 1.62 bits per heavy atom. The second kappa shape index (κ2) is 4.56. The number of benzene rings is 1. The number of halogens is 2. The van der Waals surface area contributed by atoms with Crippen molar-refractivity contribution < 1.29 is 9.13 Å². The van der Waals surface area contributed by atoms with Crippen molar-refractivity contribution in [3.8, 4) is 0 Å². The number of hydrogen-bond acceptors (Lipinski definition) is 2. The highest BCUT2D eigenvalue weighted by molar-refractivity contribution is 6.30. The van der Waals surface area contributed by atoms with Crippen LogP contribution in [0.1, 0.15) is 11.6 Å². The predicted molar refractivity (Wildman–Crippen MR) is 50.2 cm³/mol. The van der Waals surface area contributed by atoms with Gasteiger partial charge in [0.1, 0.15) is 5.82 Å². The molecule has 72 valence electrons. The first-order valence-corrected chi connectivity index (χ1v) is 4.22. The summed E-state index contributed by atoms with van der Waals surface area (Å²) in [5.74, 6) is -0.453. The van der Waals surface area contributed by atoms with E-state index in [0.717, 1.165) is 0 Å². The smallest absolute Gasteiger partial charge is 0.142 e. The first-order valence-electron chi connectivity index (χ1n) is 3.84. The second-order valence-electron chi connectivity index (χ2n) is 2.74. The van der Waals surface area contributed by atoms with Crippen LogP contribution in [0.2, 0.25) is 5.02 Å². The van der Waals surface area contributed by atoms with E-state index < -0.39 is 5.82 Å². The molecule has 0 spiro atoms. The summed E-state index contributed by atoms with van der Waals surface area (Å²) in [5, 5.41) is 0.105. The largest absolute Gasteiger partial charge is 0.383 e. The lowest BCUT2D eigenvalue weighted by Crippen LogP contribution is -2.16. The minimum absolute atomic E-state index is 0.105. The Labute approximate surface area is 81.4 Å². The molecule has 1 aromatic rings. The van der Waals surface area contributed by atoms with Crippen LogP contribution in [-0.4, -0.2) is 13.7 Å². The molecular weight excluding hydrogens is 193 g/mol. The first-order chi connectivity index (χ1) is 6.15. The minimum Gasteiger partial charge on any atom is -0.383 e. The molecule has 1 atom stereocenters. The summed E-state index contributed by atoms with van der Waals surface area (Å²) in [7, 11) is 1.55. The van der Waals surface area contributed by atoms with Gasteiger partial charge in [0.15, 0.2) is 0 Å². The summed E-state index contributed by atoms with van der Waals surface area (Å²) >= 11 is 5.52.